The summed E-state index contributed by atoms with van der Waals surface area (Å²) in [6.07, 6.45) is 3.71. The fourth-order valence-corrected chi connectivity index (χ4v) is 2.27. The Hall–Kier alpha value is -2.69. The summed E-state index contributed by atoms with van der Waals surface area (Å²) in [5, 5.41) is 7.57. The van der Waals surface area contributed by atoms with Gasteiger partial charge in [-0.3, -0.25) is 0 Å². The summed E-state index contributed by atoms with van der Waals surface area (Å²) in [5.74, 6) is 0.655. The Bertz CT molecular complexity index is 714. The van der Waals surface area contributed by atoms with Crippen molar-refractivity contribution in [2.45, 2.75) is 20.4 Å². The molecule has 0 aliphatic rings. The van der Waals surface area contributed by atoms with E-state index in [1.54, 1.807) is 6.20 Å². The Morgan fingerprint density at radius 3 is 2.52 bits per heavy atom. The molecule has 1 N–H and O–H groups in total. The molecule has 0 amide bonds. The van der Waals surface area contributed by atoms with E-state index in [0.29, 0.717) is 12.5 Å². The van der Waals surface area contributed by atoms with Crippen molar-refractivity contribution >= 4 is 5.95 Å². The fraction of sp³-hybridized carbons (Fsp3) is 0.188. The highest BCUT2D eigenvalue weighted by Crippen LogP contribution is 2.15. The van der Waals surface area contributed by atoms with Gasteiger partial charge in [-0.05, 0) is 37.6 Å². The topological polar surface area (TPSA) is 55.6 Å². The van der Waals surface area contributed by atoms with E-state index in [1.807, 2.05) is 55.1 Å². The SMILES string of the molecule is Cc1cc(C)nc(NCc2ccccc2-n2cccn2)n1. The Labute approximate surface area is 123 Å². The van der Waals surface area contributed by atoms with Gasteiger partial charge in [-0.1, -0.05) is 18.2 Å². The number of hydrogen-bond donors (Lipinski definition) is 1. The van der Waals surface area contributed by atoms with Crippen molar-refractivity contribution in [3.8, 4) is 5.69 Å². The van der Waals surface area contributed by atoms with Crippen LogP contribution in [-0.2, 0) is 6.54 Å². The average molecular weight is 279 g/mol. The van der Waals surface area contributed by atoms with Gasteiger partial charge in [0.1, 0.15) is 0 Å². The molecule has 0 saturated carbocycles. The quantitative estimate of drug-likeness (QED) is 0.798. The zero-order chi connectivity index (χ0) is 14.7. The van der Waals surface area contributed by atoms with Crippen LogP contribution >= 0.6 is 0 Å². The molecule has 0 spiro atoms. The zero-order valence-corrected chi connectivity index (χ0v) is 12.1. The monoisotopic (exact) mass is 279 g/mol. The molecule has 0 aliphatic carbocycles. The predicted octanol–water partition coefficient (Wildman–Crippen LogP) is 2.89. The highest BCUT2D eigenvalue weighted by molar-refractivity contribution is 5.42. The largest absolute Gasteiger partial charge is 0.350 e. The number of nitrogens with zero attached hydrogens (tertiary/aromatic N) is 4. The lowest BCUT2D eigenvalue weighted by atomic mass is 10.2. The van der Waals surface area contributed by atoms with E-state index < -0.39 is 0 Å². The van der Waals surface area contributed by atoms with E-state index in [4.69, 9.17) is 0 Å². The van der Waals surface area contributed by atoms with Gasteiger partial charge >= 0.3 is 0 Å². The molecule has 21 heavy (non-hydrogen) atoms. The van der Waals surface area contributed by atoms with Crippen LogP contribution in [-0.4, -0.2) is 19.7 Å². The third kappa shape index (κ3) is 3.08. The third-order valence-corrected chi connectivity index (χ3v) is 3.16. The molecule has 5 heteroatoms. The number of hydrogen-bond acceptors (Lipinski definition) is 4. The molecule has 0 atom stereocenters. The predicted molar refractivity (Wildman–Crippen MR) is 82.4 cm³/mol. The normalized spacial score (nSPS) is 10.6. The van der Waals surface area contributed by atoms with Crippen LogP contribution < -0.4 is 5.32 Å². The van der Waals surface area contributed by atoms with Crippen molar-refractivity contribution in [3.05, 3.63) is 65.7 Å². The molecule has 1 aromatic carbocycles. The lowest BCUT2D eigenvalue weighted by molar-refractivity contribution is 0.861. The standard InChI is InChI=1S/C16H17N5/c1-12-10-13(2)20-16(19-12)17-11-14-6-3-4-7-15(14)21-9-5-8-18-21/h3-10H,11H2,1-2H3,(H,17,19,20). The Balaban J connectivity index is 1.82. The van der Waals surface area contributed by atoms with E-state index in [1.165, 1.54) is 0 Å². The Kier molecular flexibility index (Phi) is 3.64. The van der Waals surface area contributed by atoms with Crippen LogP contribution in [0.4, 0.5) is 5.95 Å². The summed E-state index contributed by atoms with van der Waals surface area (Å²) in [6.45, 7) is 4.59. The van der Waals surface area contributed by atoms with Crippen LogP contribution in [0.5, 0.6) is 0 Å². The molecule has 0 aliphatic heterocycles. The highest BCUT2D eigenvalue weighted by Gasteiger charge is 2.05. The van der Waals surface area contributed by atoms with Gasteiger partial charge in [-0.15, -0.1) is 0 Å². The van der Waals surface area contributed by atoms with Crippen molar-refractivity contribution < 1.29 is 0 Å². The molecule has 3 aromatic rings. The Morgan fingerprint density at radius 2 is 1.81 bits per heavy atom. The smallest absolute Gasteiger partial charge is 0.223 e. The molecule has 0 bridgehead atoms. The second kappa shape index (κ2) is 5.75. The molecule has 3 rings (SSSR count). The van der Waals surface area contributed by atoms with Crippen LogP contribution in [0.15, 0.2) is 48.8 Å². The van der Waals surface area contributed by atoms with Gasteiger partial charge in [0.2, 0.25) is 5.95 Å². The lowest BCUT2D eigenvalue weighted by Gasteiger charge is -2.11. The third-order valence-electron chi connectivity index (χ3n) is 3.16. The van der Waals surface area contributed by atoms with Gasteiger partial charge in [-0.2, -0.15) is 5.10 Å². The molecular formula is C16H17N5. The number of aryl methyl sites for hydroxylation is 2. The van der Waals surface area contributed by atoms with E-state index in [0.717, 1.165) is 22.6 Å². The van der Waals surface area contributed by atoms with Gasteiger partial charge < -0.3 is 5.32 Å². The maximum absolute atomic E-state index is 4.40. The van der Waals surface area contributed by atoms with Crippen LogP contribution in [0.3, 0.4) is 0 Å². The first-order chi connectivity index (χ1) is 10.2. The molecule has 0 radical (unpaired) electrons. The summed E-state index contributed by atoms with van der Waals surface area (Å²) in [6, 6.07) is 12.0. The van der Waals surface area contributed by atoms with E-state index in [9.17, 15) is 0 Å². The van der Waals surface area contributed by atoms with Crippen LogP contribution in [0.25, 0.3) is 5.69 Å². The minimum absolute atomic E-state index is 0.652. The van der Waals surface area contributed by atoms with Gasteiger partial charge in [0, 0.05) is 30.3 Å². The number of anilines is 1. The number of aromatic nitrogens is 4. The summed E-state index contributed by atoms with van der Waals surface area (Å²) in [4.78, 5) is 8.79. The second-order valence-electron chi connectivity index (χ2n) is 4.91. The second-order valence-corrected chi connectivity index (χ2v) is 4.91. The van der Waals surface area contributed by atoms with Crippen molar-refractivity contribution in [2.75, 3.05) is 5.32 Å². The van der Waals surface area contributed by atoms with E-state index >= 15 is 0 Å². The lowest BCUT2D eigenvalue weighted by Crippen LogP contribution is -2.08. The number of benzene rings is 1. The number of nitrogens with one attached hydrogen (secondary N) is 1. The molecule has 0 saturated heterocycles. The molecule has 2 aromatic heterocycles. The van der Waals surface area contributed by atoms with Crippen molar-refractivity contribution in [1.29, 1.82) is 0 Å². The molecule has 106 valence electrons. The molecular weight excluding hydrogens is 262 g/mol. The first-order valence-corrected chi connectivity index (χ1v) is 6.86. The minimum Gasteiger partial charge on any atom is -0.350 e. The van der Waals surface area contributed by atoms with E-state index in [-0.39, 0.29) is 0 Å². The Morgan fingerprint density at radius 1 is 1.05 bits per heavy atom. The summed E-state index contributed by atoms with van der Waals surface area (Å²) < 4.78 is 1.86. The summed E-state index contributed by atoms with van der Waals surface area (Å²) in [7, 11) is 0. The van der Waals surface area contributed by atoms with Crippen molar-refractivity contribution in [2.24, 2.45) is 0 Å². The molecule has 2 heterocycles. The van der Waals surface area contributed by atoms with Crippen LogP contribution in [0.1, 0.15) is 17.0 Å². The van der Waals surface area contributed by atoms with Gasteiger partial charge in [0.15, 0.2) is 0 Å². The van der Waals surface area contributed by atoms with Crippen molar-refractivity contribution in [3.63, 3.8) is 0 Å². The first kappa shape index (κ1) is 13.3. The van der Waals surface area contributed by atoms with Crippen LogP contribution in [0.2, 0.25) is 0 Å². The maximum atomic E-state index is 4.40. The number of para-hydroxylation sites is 1. The van der Waals surface area contributed by atoms with Crippen molar-refractivity contribution in [1.82, 2.24) is 19.7 Å². The average Bonchev–Trinajstić information content (AvgIpc) is 2.98. The minimum atomic E-state index is 0.652. The van der Waals surface area contributed by atoms with Gasteiger partial charge in [-0.25, -0.2) is 14.6 Å². The fourth-order valence-electron chi connectivity index (χ4n) is 2.27. The molecule has 0 unspecified atom stereocenters. The molecule has 5 nitrogen and oxygen atoms in total. The summed E-state index contributed by atoms with van der Waals surface area (Å²) in [5.41, 5.74) is 4.12. The summed E-state index contributed by atoms with van der Waals surface area (Å²) >= 11 is 0. The molecule has 0 fully saturated rings. The maximum Gasteiger partial charge on any atom is 0.223 e. The zero-order valence-electron chi connectivity index (χ0n) is 12.1. The first-order valence-electron chi connectivity index (χ1n) is 6.86. The van der Waals surface area contributed by atoms with Gasteiger partial charge in [0.05, 0.1) is 5.69 Å². The number of rotatable bonds is 4. The van der Waals surface area contributed by atoms with E-state index in [2.05, 4.69) is 26.4 Å². The van der Waals surface area contributed by atoms with Crippen LogP contribution in [0, 0.1) is 13.8 Å². The highest BCUT2D eigenvalue weighted by atomic mass is 15.3. The van der Waals surface area contributed by atoms with Gasteiger partial charge in [0.25, 0.3) is 0 Å².